The molecule has 2 aromatic rings. The van der Waals surface area contributed by atoms with E-state index in [9.17, 15) is 22.8 Å². The van der Waals surface area contributed by atoms with Gasteiger partial charge in [-0.2, -0.15) is 18.4 Å². The van der Waals surface area contributed by atoms with E-state index >= 15 is 0 Å². The minimum absolute atomic E-state index is 0.0317. The van der Waals surface area contributed by atoms with Crippen molar-refractivity contribution in [2.45, 2.75) is 26.6 Å². The van der Waals surface area contributed by atoms with Crippen LogP contribution in [-0.4, -0.2) is 22.5 Å². The van der Waals surface area contributed by atoms with E-state index in [-0.39, 0.29) is 40.3 Å². The van der Waals surface area contributed by atoms with Gasteiger partial charge in [0.15, 0.2) is 5.69 Å². The van der Waals surface area contributed by atoms with Gasteiger partial charge in [0.05, 0.1) is 24.5 Å². The number of hydrogen-bond acceptors (Lipinski definition) is 5. The zero-order valence-electron chi connectivity index (χ0n) is 18.0. The monoisotopic (exact) mass is 480 g/mol. The van der Waals surface area contributed by atoms with Crippen molar-refractivity contribution in [1.82, 2.24) is 14.9 Å². The molecule has 2 rings (SSSR count). The van der Waals surface area contributed by atoms with Gasteiger partial charge in [0, 0.05) is 17.6 Å². The van der Waals surface area contributed by atoms with Crippen LogP contribution in [0.2, 0.25) is 5.02 Å². The first-order valence-corrected chi connectivity index (χ1v) is 9.91. The van der Waals surface area contributed by atoms with Crippen LogP contribution in [0.3, 0.4) is 0 Å². The molecule has 0 bridgehead atoms. The van der Waals surface area contributed by atoms with Crippen molar-refractivity contribution in [3.63, 3.8) is 0 Å². The Morgan fingerprint density at radius 1 is 1.39 bits per heavy atom. The molecule has 11 heteroatoms. The molecule has 33 heavy (non-hydrogen) atoms. The van der Waals surface area contributed by atoms with E-state index in [1.165, 1.54) is 25.3 Å². The molecule has 1 heterocycles. The van der Waals surface area contributed by atoms with E-state index in [0.717, 1.165) is 17.0 Å². The average molecular weight is 481 g/mol. The normalized spacial score (nSPS) is 11.8. The third-order valence-corrected chi connectivity index (χ3v) is 4.55. The Bertz CT molecular complexity index is 1210. The molecule has 0 spiro atoms. The Labute approximate surface area is 192 Å². The summed E-state index contributed by atoms with van der Waals surface area (Å²) < 4.78 is 46.6. The zero-order valence-corrected chi connectivity index (χ0v) is 18.7. The Hall–Kier alpha value is -3.58. The van der Waals surface area contributed by atoms with Crippen LogP contribution >= 0.6 is 11.6 Å². The minimum atomic E-state index is -4.98. The van der Waals surface area contributed by atoms with Crippen LogP contribution in [0.4, 0.5) is 13.2 Å². The van der Waals surface area contributed by atoms with Crippen molar-refractivity contribution in [2.24, 2.45) is 5.92 Å². The maximum absolute atomic E-state index is 13.5. The molecule has 0 saturated carbocycles. The lowest BCUT2D eigenvalue weighted by Gasteiger charge is -2.15. The quantitative estimate of drug-likeness (QED) is 0.466. The van der Waals surface area contributed by atoms with Gasteiger partial charge in [0.1, 0.15) is 5.75 Å². The molecular formula is C22H20ClF3N4O3. The highest BCUT2D eigenvalue weighted by Gasteiger charge is 2.38. The maximum atomic E-state index is 13.5. The summed E-state index contributed by atoms with van der Waals surface area (Å²) in [5, 5.41) is 11.6. The third-order valence-electron chi connectivity index (χ3n) is 4.33. The third kappa shape index (κ3) is 6.46. The molecule has 0 saturated heterocycles. The molecule has 0 aliphatic carbocycles. The number of amides is 1. The van der Waals surface area contributed by atoms with Gasteiger partial charge < -0.3 is 10.1 Å². The number of rotatable bonds is 7. The van der Waals surface area contributed by atoms with E-state index < -0.39 is 23.2 Å². The first kappa shape index (κ1) is 25.7. The predicted molar refractivity (Wildman–Crippen MR) is 116 cm³/mol. The number of hydrogen-bond donors (Lipinski definition) is 1. The first-order chi connectivity index (χ1) is 15.4. The van der Waals surface area contributed by atoms with Crippen LogP contribution in [-0.2, 0) is 17.5 Å². The fraction of sp³-hybridized carbons (Fsp3) is 0.273. The van der Waals surface area contributed by atoms with Crippen molar-refractivity contribution in [1.29, 1.82) is 5.26 Å². The lowest BCUT2D eigenvalue weighted by molar-refractivity contribution is -0.142. The van der Waals surface area contributed by atoms with Crippen molar-refractivity contribution in [2.75, 3.05) is 7.05 Å². The molecule has 1 aromatic heterocycles. The van der Waals surface area contributed by atoms with Crippen LogP contribution in [0.5, 0.6) is 11.5 Å². The second-order valence-corrected chi connectivity index (χ2v) is 7.67. The second-order valence-electron chi connectivity index (χ2n) is 7.23. The van der Waals surface area contributed by atoms with Crippen molar-refractivity contribution in [3.05, 3.63) is 75.0 Å². The number of carbonyl (C=O) groups excluding carboxylic acids is 1. The number of carbonyl (C=O) groups is 1. The second kappa shape index (κ2) is 10.4. The summed E-state index contributed by atoms with van der Waals surface area (Å²) in [4.78, 5) is 28.3. The van der Waals surface area contributed by atoms with Gasteiger partial charge in [-0.25, -0.2) is 4.98 Å². The fourth-order valence-corrected chi connectivity index (χ4v) is 3.03. The lowest BCUT2D eigenvalue weighted by atomic mass is 10.00. The highest BCUT2D eigenvalue weighted by atomic mass is 35.5. The Morgan fingerprint density at radius 2 is 2.06 bits per heavy atom. The molecule has 1 aromatic carbocycles. The predicted octanol–water partition coefficient (Wildman–Crippen LogP) is 4.46. The number of nitrogens with zero attached hydrogens (tertiary/aromatic N) is 3. The lowest BCUT2D eigenvalue weighted by Crippen LogP contribution is -2.27. The molecular weight excluding hydrogens is 461 g/mol. The number of ether oxygens (including phenoxy) is 1. The first-order valence-electron chi connectivity index (χ1n) is 9.54. The van der Waals surface area contributed by atoms with Crippen LogP contribution in [0.15, 0.2) is 53.1 Å². The summed E-state index contributed by atoms with van der Waals surface area (Å²) in [5.41, 5.74) is -1.96. The molecule has 174 valence electrons. The number of nitrogens with one attached hydrogen (secondary N) is 1. The average Bonchev–Trinajstić information content (AvgIpc) is 2.72. The molecule has 0 radical (unpaired) electrons. The number of aromatic nitrogens is 2. The van der Waals surface area contributed by atoms with Gasteiger partial charge in [-0.3, -0.25) is 14.2 Å². The van der Waals surface area contributed by atoms with Gasteiger partial charge in [-0.15, -0.1) is 0 Å². The number of allylic oxidation sites excluding steroid dienone is 2. The smallest absolute Gasteiger partial charge is 0.437 e. The Kier molecular flexibility index (Phi) is 8.06. The molecule has 0 aliphatic rings. The SMILES string of the molecule is C=C(/C=C(\C(=O)NC)C(C)C)Cn1cnc(C(F)(F)F)c(Oc2cc(Cl)cc(C#N)c2)c1=O. The largest absolute Gasteiger partial charge is 0.449 e. The molecule has 0 unspecified atom stereocenters. The van der Waals surface area contributed by atoms with E-state index in [2.05, 4.69) is 16.9 Å². The molecule has 0 atom stereocenters. The Morgan fingerprint density at radius 3 is 2.61 bits per heavy atom. The molecule has 0 fully saturated rings. The Balaban J connectivity index is 2.53. The maximum Gasteiger partial charge on any atom is 0.437 e. The van der Waals surface area contributed by atoms with Crippen LogP contribution in [0, 0.1) is 17.2 Å². The summed E-state index contributed by atoms with van der Waals surface area (Å²) in [6, 6.07) is 5.39. The summed E-state index contributed by atoms with van der Waals surface area (Å²) in [6.45, 7) is 7.11. The van der Waals surface area contributed by atoms with Crippen molar-refractivity contribution in [3.8, 4) is 17.6 Å². The van der Waals surface area contributed by atoms with Crippen LogP contribution in [0.1, 0.15) is 25.1 Å². The zero-order chi connectivity index (χ0) is 24.9. The summed E-state index contributed by atoms with van der Waals surface area (Å²) in [6.07, 6.45) is -2.79. The topological polar surface area (TPSA) is 97.0 Å². The van der Waals surface area contributed by atoms with Crippen LogP contribution < -0.4 is 15.6 Å². The van der Waals surface area contributed by atoms with E-state index in [1.807, 2.05) is 0 Å². The summed E-state index contributed by atoms with van der Waals surface area (Å²) in [5.74, 6) is -1.83. The highest BCUT2D eigenvalue weighted by molar-refractivity contribution is 6.30. The fourth-order valence-electron chi connectivity index (χ4n) is 2.80. The van der Waals surface area contributed by atoms with Crippen molar-refractivity contribution >= 4 is 17.5 Å². The van der Waals surface area contributed by atoms with Gasteiger partial charge >= 0.3 is 6.18 Å². The highest BCUT2D eigenvalue weighted by Crippen LogP contribution is 2.35. The number of nitriles is 1. The van der Waals surface area contributed by atoms with Gasteiger partial charge in [-0.05, 0) is 35.8 Å². The molecule has 1 N–H and O–H groups in total. The van der Waals surface area contributed by atoms with Gasteiger partial charge in [0.2, 0.25) is 11.7 Å². The number of halogens is 4. The summed E-state index contributed by atoms with van der Waals surface area (Å²) in [7, 11) is 1.46. The number of benzene rings is 1. The van der Waals surface area contributed by atoms with Crippen LogP contribution in [0.25, 0.3) is 0 Å². The number of alkyl halides is 3. The van der Waals surface area contributed by atoms with Gasteiger partial charge in [0.25, 0.3) is 5.56 Å². The van der Waals surface area contributed by atoms with Crippen molar-refractivity contribution < 1.29 is 22.7 Å². The minimum Gasteiger partial charge on any atom is -0.449 e. The molecule has 1 amide bonds. The van der Waals surface area contributed by atoms with E-state index in [0.29, 0.717) is 5.57 Å². The van der Waals surface area contributed by atoms with Gasteiger partial charge in [-0.1, -0.05) is 32.0 Å². The summed E-state index contributed by atoms with van der Waals surface area (Å²) >= 11 is 5.87. The number of likely N-dealkylation sites (N-methyl/N-ethyl adjacent to an activating group) is 1. The van der Waals surface area contributed by atoms with E-state index in [4.69, 9.17) is 21.6 Å². The molecule has 7 nitrogen and oxygen atoms in total. The molecule has 0 aliphatic heterocycles. The standard InChI is InChI=1S/C22H20ClF3N4O3/c1-12(2)17(20(31)28-4)5-13(3)10-30-11-29-19(22(24,25)26)18(21(30)32)33-16-7-14(9-27)6-15(23)8-16/h5-8,11-12H,3,10H2,1-2,4H3,(H,28,31)/b17-5-. The van der Waals surface area contributed by atoms with E-state index in [1.54, 1.807) is 19.9 Å².